The minimum Gasteiger partial charge on any atom is -0.489 e. The maximum absolute atomic E-state index is 5.80. The SMILES string of the molecule is CC1(C)CC(NCc2ccc(OCc3ccncc3)cc2)CCO1. The maximum Gasteiger partial charge on any atom is 0.119 e. The van der Waals surface area contributed by atoms with Gasteiger partial charge in [0.2, 0.25) is 0 Å². The lowest BCUT2D eigenvalue weighted by Gasteiger charge is -2.36. The summed E-state index contributed by atoms with van der Waals surface area (Å²) < 4.78 is 11.6. The largest absolute Gasteiger partial charge is 0.489 e. The number of hydrogen-bond donors (Lipinski definition) is 1. The van der Waals surface area contributed by atoms with Crippen molar-refractivity contribution in [2.24, 2.45) is 0 Å². The first-order valence-corrected chi connectivity index (χ1v) is 8.59. The molecule has 1 aromatic carbocycles. The number of pyridine rings is 1. The van der Waals surface area contributed by atoms with E-state index in [2.05, 4.69) is 36.3 Å². The number of rotatable bonds is 6. The van der Waals surface area contributed by atoms with Gasteiger partial charge < -0.3 is 14.8 Å². The second kappa shape index (κ2) is 7.77. The summed E-state index contributed by atoms with van der Waals surface area (Å²) in [4.78, 5) is 4.01. The Kier molecular flexibility index (Phi) is 5.48. The van der Waals surface area contributed by atoms with Crippen molar-refractivity contribution in [2.75, 3.05) is 6.61 Å². The number of benzene rings is 1. The van der Waals surface area contributed by atoms with Gasteiger partial charge in [-0.25, -0.2) is 0 Å². The van der Waals surface area contributed by atoms with E-state index in [0.29, 0.717) is 12.6 Å². The second-order valence-electron chi connectivity index (χ2n) is 6.97. The van der Waals surface area contributed by atoms with Crippen LogP contribution in [0.25, 0.3) is 0 Å². The predicted octanol–water partition coefficient (Wildman–Crippen LogP) is 3.71. The summed E-state index contributed by atoms with van der Waals surface area (Å²) in [6.07, 6.45) is 5.70. The zero-order chi connectivity index (χ0) is 16.8. The van der Waals surface area contributed by atoms with E-state index in [0.717, 1.165) is 37.3 Å². The molecular formula is C20H26N2O2. The molecule has 1 aliphatic rings. The molecule has 1 fully saturated rings. The van der Waals surface area contributed by atoms with Crippen molar-refractivity contribution in [2.45, 2.75) is 51.5 Å². The summed E-state index contributed by atoms with van der Waals surface area (Å²) in [6.45, 7) is 6.61. The lowest BCUT2D eigenvalue weighted by atomic mass is 9.94. The summed E-state index contributed by atoms with van der Waals surface area (Å²) in [6, 6.07) is 12.8. The zero-order valence-corrected chi connectivity index (χ0v) is 14.5. The van der Waals surface area contributed by atoms with Crippen LogP contribution in [0.15, 0.2) is 48.8 Å². The van der Waals surface area contributed by atoms with Gasteiger partial charge in [0, 0.05) is 31.6 Å². The smallest absolute Gasteiger partial charge is 0.119 e. The monoisotopic (exact) mass is 326 g/mol. The van der Waals surface area contributed by atoms with Gasteiger partial charge in [-0.15, -0.1) is 0 Å². The molecule has 1 unspecified atom stereocenters. The summed E-state index contributed by atoms with van der Waals surface area (Å²) in [7, 11) is 0. The van der Waals surface area contributed by atoms with Crippen molar-refractivity contribution in [1.82, 2.24) is 10.3 Å². The molecule has 1 saturated heterocycles. The van der Waals surface area contributed by atoms with Crippen LogP contribution in [0.4, 0.5) is 0 Å². The van der Waals surface area contributed by atoms with E-state index in [1.165, 1.54) is 5.56 Å². The highest BCUT2D eigenvalue weighted by Crippen LogP contribution is 2.24. The highest BCUT2D eigenvalue weighted by molar-refractivity contribution is 5.27. The minimum atomic E-state index is -0.0133. The Morgan fingerprint density at radius 1 is 1.12 bits per heavy atom. The lowest BCUT2D eigenvalue weighted by Crippen LogP contribution is -2.43. The van der Waals surface area contributed by atoms with Crippen LogP contribution in [0.1, 0.15) is 37.8 Å². The number of nitrogens with one attached hydrogen (secondary N) is 1. The molecule has 0 spiro atoms. The van der Waals surface area contributed by atoms with E-state index >= 15 is 0 Å². The number of hydrogen-bond acceptors (Lipinski definition) is 4. The highest BCUT2D eigenvalue weighted by atomic mass is 16.5. The van der Waals surface area contributed by atoms with E-state index < -0.39 is 0 Å². The summed E-state index contributed by atoms with van der Waals surface area (Å²) in [5.41, 5.74) is 2.38. The van der Waals surface area contributed by atoms with Gasteiger partial charge in [0.05, 0.1) is 5.60 Å². The molecule has 4 nitrogen and oxygen atoms in total. The molecule has 1 aromatic heterocycles. The average molecular weight is 326 g/mol. The van der Waals surface area contributed by atoms with Crippen LogP contribution < -0.4 is 10.1 Å². The first-order valence-electron chi connectivity index (χ1n) is 8.59. The Bertz CT molecular complexity index is 626. The van der Waals surface area contributed by atoms with Crippen molar-refractivity contribution in [3.8, 4) is 5.75 Å². The molecule has 128 valence electrons. The van der Waals surface area contributed by atoms with Crippen LogP contribution in [0, 0.1) is 0 Å². The van der Waals surface area contributed by atoms with Gasteiger partial charge in [-0.3, -0.25) is 4.98 Å². The number of nitrogens with zero attached hydrogens (tertiary/aromatic N) is 1. The molecule has 3 rings (SSSR count). The van der Waals surface area contributed by atoms with Crippen LogP contribution in [-0.4, -0.2) is 23.2 Å². The molecule has 1 atom stereocenters. The fraction of sp³-hybridized carbons (Fsp3) is 0.450. The van der Waals surface area contributed by atoms with Gasteiger partial charge in [-0.2, -0.15) is 0 Å². The normalized spacial score (nSPS) is 19.8. The van der Waals surface area contributed by atoms with E-state index in [1.807, 2.05) is 24.3 Å². The average Bonchev–Trinajstić information content (AvgIpc) is 2.59. The first-order chi connectivity index (χ1) is 11.6. The van der Waals surface area contributed by atoms with Crippen molar-refractivity contribution < 1.29 is 9.47 Å². The van der Waals surface area contributed by atoms with Crippen molar-refractivity contribution in [1.29, 1.82) is 0 Å². The van der Waals surface area contributed by atoms with Crippen LogP contribution >= 0.6 is 0 Å². The molecule has 2 heterocycles. The zero-order valence-electron chi connectivity index (χ0n) is 14.5. The topological polar surface area (TPSA) is 43.4 Å². The molecule has 0 radical (unpaired) electrons. The first kappa shape index (κ1) is 16.9. The standard InChI is InChI=1S/C20H26N2O2/c1-20(2)13-18(9-12-24-20)22-14-16-3-5-19(6-4-16)23-15-17-7-10-21-11-8-17/h3-8,10-11,18,22H,9,12-15H2,1-2H3. The molecule has 24 heavy (non-hydrogen) atoms. The Morgan fingerprint density at radius 2 is 1.88 bits per heavy atom. The van der Waals surface area contributed by atoms with E-state index in [4.69, 9.17) is 9.47 Å². The molecular weight excluding hydrogens is 300 g/mol. The molecule has 1 N–H and O–H groups in total. The molecule has 0 saturated carbocycles. The predicted molar refractivity (Wildman–Crippen MR) is 94.9 cm³/mol. The van der Waals surface area contributed by atoms with Gasteiger partial charge in [0.1, 0.15) is 12.4 Å². The van der Waals surface area contributed by atoms with Gasteiger partial charge in [0.25, 0.3) is 0 Å². The van der Waals surface area contributed by atoms with Gasteiger partial charge >= 0.3 is 0 Å². The van der Waals surface area contributed by atoms with Crippen molar-refractivity contribution >= 4 is 0 Å². The Balaban J connectivity index is 1.46. The minimum absolute atomic E-state index is 0.0133. The fourth-order valence-corrected chi connectivity index (χ4v) is 3.02. The fourth-order valence-electron chi connectivity index (χ4n) is 3.02. The van der Waals surface area contributed by atoms with E-state index in [-0.39, 0.29) is 5.60 Å². The molecule has 4 heteroatoms. The Morgan fingerprint density at radius 3 is 2.58 bits per heavy atom. The Hall–Kier alpha value is -1.91. The van der Waals surface area contributed by atoms with Crippen LogP contribution in [0.2, 0.25) is 0 Å². The van der Waals surface area contributed by atoms with Crippen LogP contribution in [0.3, 0.4) is 0 Å². The van der Waals surface area contributed by atoms with Gasteiger partial charge in [-0.05, 0) is 62.1 Å². The van der Waals surface area contributed by atoms with E-state index in [9.17, 15) is 0 Å². The maximum atomic E-state index is 5.80. The van der Waals surface area contributed by atoms with Gasteiger partial charge in [-0.1, -0.05) is 12.1 Å². The third kappa shape index (κ3) is 5.05. The van der Waals surface area contributed by atoms with Crippen LogP contribution in [0.5, 0.6) is 5.75 Å². The summed E-state index contributed by atoms with van der Waals surface area (Å²) in [5, 5.41) is 3.64. The highest BCUT2D eigenvalue weighted by Gasteiger charge is 2.28. The number of ether oxygens (including phenoxy) is 2. The van der Waals surface area contributed by atoms with Crippen molar-refractivity contribution in [3.05, 3.63) is 59.9 Å². The Labute approximate surface area is 144 Å². The third-order valence-corrected chi connectivity index (χ3v) is 4.37. The molecule has 0 aliphatic carbocycles. The molecule has 0 bridgehead atoms. The summed E-state index contributed by atoms with van der Waals surface area (Å²) in [5.74, 6) is 0.891. The third-order valence-electron chi connectivity index (χ3n) is 4.37. The summed E-state index contributed by atoms with van der Waals surface area (Å²) >= 11 is 0. The van der Waals surface area contributed by atoms with Crippen LogP contribution in [-0.2, 0) is 17.9 Å². The second-order valence-corrected chi connectivity index (χ2v) is 6.97. The number of aromatic nitrogens is 1. The van der Waals surface area contributed by atoms with Crippen molar-refractivity contribution in [3.63, 3.8) is 0 Å². The van der Waals surface area contributed by atoms with E-state index in [1.54, 1.807) is 12.4 Å². The lowest BCUT2D eigenvalue weighted by molar-refractivity contribution is -0.0630. The molecule has 1 aliphatic heterocycles. The molecule has 2 aromatic rings. The quantitative estimate of drug-likeness (QED) is 0.879. The van der Waals surface area contributed by atoms with Gasteiger partial charge in [0.15, 0.2) is 0 Å². The molecule has 0 amide bonds.